The van der Waals surface area contributed by atoms with Crippen molar-refractivity contribution in [2.24, 2.45) is 5.92 Å². The van der Waals surface area contributed by atoms with E-state index in [2.05, 4.69) is 31.4 Å². The number of furan rings is 1. The smallest absolute Gasteiger partial charge is 0.407 e. The van der Waals surface area contributed by atoms with Gasteiger partial charge in [-0.15, -0.1) is 0 Å². The van der Waals surface area contributed by atoms with Gasteiger partial charge < -0.3 is 19.8 Å². The topological polar surface area (TPSA) is 63.5 Å². The van der Waals surface area contributed by atoms with Gasteiger partial charge in [-0.1, -0.05) is 20.8 Å². The average Bonchev–Trinajstić information content (AvgIpc) is 2.89. The molecule has 1 rings (SSSR count). The third-order valence-electron chi connectivity index (χ3n) is 3.39. The fourth-order valence-electron chi connectivity index (χ4n) is 2.12. The summed E-state index contributed by atoms with van der Waals surface area (Å²) < 4.78 is 10.8. The predicted molar refractivity (Wildman–Crippen MR) is 87.7 cm³/mol. The van der Waals surface area contributed by atoms with Crippen LogP contribution in [0.1, 0.15) is 59.8 Å². The van der Waals surface area contributed by atoms with Crippen molar-refractivity contribution in [2.75, 3.05) is 6.54 Å². The maximum atomic E-state index is 11.9. The van der Waals surface area contributed by atoms with E-state index in [1.165, 1.54) is 0 Å². The zero-order valence-electron chi connectivity index (χ0n) is 14.6. The van der Waals surface area contributed by atoms with E-state index in [0.717, 1.165) is 12.2 Å². The molecular weight excluding hydrogens is 280 g/mol. The quantitative estimate of drug-likeness (QED) is 0.802. The van der Waals surface area contributed by atoms with Crippen molar-refractivity contribution >= 4 is 6.09 Å². The summed E-state index contributed by atoms with van der Waals surface area (Å²) >= 11 is 0. The highest BCUT2D eigenvalue weighted by Crippen LogP contribution is 2.17. The Labute approximate surface area is 133 Å². The molecule has 0 bridgehead atoms. The molecule has 2 unspecified atom stereocenters. The van der Waals surface area contributed by atoms with Crippen molar-refractivity contribution in [3.05, 3.63) is 24.2 Å². The van der Waals surface area contributed by atoms with Crippen LogP contribution in [0.3, 0.4) is 0 Å². The largest absolute Gasteiger partial charge is 0.468 e. The molecular formula is C17H30N2O3. The Morgan fingerprint density at radius 2 is 2.05 bits per heavy atom. The first kappa shape index (κ1) is 18.6. The number of alkyl carbamates (subject to hydrolysis) is 1. The Kier molecular flexibility index (Phi) is 6.94. The molecule has 1 aromatic heterocycles. The van der Waals surface area contributed by atoms with Crippen molar-refractivity contribution in [3.63, 3.8) is 0 Å². The van der Waals surface area contributed by atoms with Crippen LogP contribution in [0.25, 0.3) is 0 Å². The number of carbonyl (C=O) groups excluding carboxylic acids is 1. The summed E-state index contributed by atoms with van der Waals surface area (Å²) in [7, 11) is 0. The van der Waals surface area contributed by atoms with Gasteiger partial charge in [-0.3, -0.25) is 0 Å². The number of carbonyl (C=O) groups is 1. The molecule has 2 atom stereocenters. The van der Waals surface area contributed by atoms with Gasteiger partial charge in [-0.2, -0.15) is 0 Å². The Morgan fingerprint density at radius 3 is 2.50 bits per heavy atom. The molecule has 0 fully saturated rings. The number of rotatable bonds is 7. The molecule has 1 aromatic rings. The van der Waals surface area contributed by atoms with Gasteiger partial charge in [0.2, 0.25) is 0 Å². The Morgan fingerprint density at radius 1 is 1.36 bits per heavy atom. The van der Waals surface area contributed by atoms with Gasteiger partial charge in [0.1, 0.15) is 11.4 Å². The molecule has 5 heteroatoms. The maximum absolute atomic E-state index is 11.9. The number of ether oxygens (including phenoxy) is 1. The van der Waals surface area contributed by atoms with Crippen molar-refractivity contribution in [2.45, 2.75) is 65.6 Å². The summed E-state index contributed by atoms with van der Waals surface area (Å²) in [4.78, 5) is 11.9. The van der Waals surface area contributed by atoms with E-state index in [-0.39, 0.29) is 18.2 Å². The van der Waals surface area contributed by atoms with E-state index in [9.17, 15) is 4.79 Å². The summed E-state index contributed by atoms with van der Waals surface area (Å²) in [5, 5.41) is 6.40. The van der Waals surface area contributed by atoms with E-state index in [1.807, 2.05) is 32.9 Å². The summed E-state index contributed by atoms with van der Waals surface area (Å²) in [5.41, 5.74) is -0.487. The highest BCUT2D eigenvalue weighted by Gasteiger charge is 2.22. The highest BCUT2D eigenvalue weighted by molar-refractivity contribution is 5.68. The van der Waals surface area contributed by atoms with Gasteiger partial charge >= 0.3 is 6.09 Å². The van der Waals surface area contributed by atoms with Crippen molar-refractivity contribution in [3.8, 4) is 0 Å². The third kappa shape index (κ3) is 6.52. The molecule has 0 aliphatic heterocycles. The minimum absolute atomic E-state index is 0.00105. The molecule has 5 nitrogen and oxygen atoms in total. The standard InChI is InChI=1S/C17H30N2O3/c1-7-13(15-9-8-10-21-15)18-11-14(12(2)3)19-16(20)22-17(4,5)6/h8-10,12-14,18H,7,11H2,1-6H3,(H,19,20). The monoisotopic (exact) mass is 310 g/mol. The first-order chi connectivity index (χ1) is 10.2. The van der Waals surface area contributed by atoms with Gasteiger partial charge in [-0.25, -0.2) is 4.79 Å². The lowest BCUT2D eigenvalue weighted by molar-refractivity contribution is 0.0489. The van der Waals surface area contributed by atoms with Crippen LogP contribution in [-0.2, 0) is 4.74 Å². The Bertz CT molecular complexity index is 435. The van der Waals surface area contributed by atoms with Crippen LogP contribution in [0, 0.1) is 5.92 Å². The first-order valence-electron chi connectivity index (χ1n) is 7.99. The number of amides is 1. The lowest BCUT2D eigenvalue weighted by Gasteiger charge is -2.27. The molecule has 1 amide bonds. The van der Waals surface area contributed by atoms with Gasteiger partial charge in [0.15, 0.2) is 0 Å². The fraction of sp³-hybridized carbons (Fsp3) is 0.706. The van der Waals surface area contributed by atoms with Crippen molar-refractivity contribution in [1.82, 2.24) is 10.6 Å². The molecule has 0 radical (unpaired) electrons. The molecule has 2 N–H and O–H groups in total. The van der Waals surface area contributed by atoms with Gasteiger partial charge in [0, 0.05) is 12.6 Å². The van der Waals surface area contributed by atoms with Crippen LogP contribution in [0.15, 0.2) is 22.8 Å². The molecule has 0 aliphatic rings. The first-order valence-corrected chi connectivity index (χ1v) is 7.99. The fourth-order valence-corrected chi connectivity index (χ4v) is 2.12. The van der Waals surface area contributed by atoms with Gasteiger partial charge in [0.25, 0.3) is 0 Å². The van der Waals surface area contributed by atoms with Crippen LogP contribution in [0.4, 0.5) is 4.79 Å². The lowest BCUT2D eigenvalue weighted by Crippen LogP contribution is -2.47. The Balaban J connectivity index is 2.55. The van der Waals surface area contributed by atoms with Crippen LogP contribution in [0.5, 0.6) is 0 Å². The minimum Gasteiger partial charge on any atom is -0.468 e. The number of hydrogen-bond donors (Lipinski definition) is 2. The third-order valence-corrected chi connectivity index (χ3v) is 3.39. The molecule has 0 spiro atoms. The van der Waals surface area contributed by atoms with Crippen LogP contribution >= 0.6 is 0 Å². The molecule has 1 heterocycles. The summed E-state index contributed by atoms with van der Waals surface area (Å²) in [6.07, 6.45) is 2.22. The van der Waals surface area contributed by atoms with E-state index in [1.54, 1.807) is 6.26 Å². The second-order valence-electron chi connectivity index (χ2n) is 6.88. The normalized spacial score (nSPS) is 14.7. The van der Waals surface area contributed by atoms with Gasteiger partial charge in [-0.05, 0) is 45.2 Å². The number of nitrogens with one attached hydrogen (secondary N) is 2. The van der Waals surface area contributed by atoms with Crippen molar-refractivity contribution < 1.29 is 13.9 Å². The van der Waals surface area contributed by atoms with E-state index in [4.69, 9.17) is 9.15 Å². The van der Waals surface area contributed by atoms with Crippen LogP contribution in [0.2, 0.25) is 0 Å². The molecule has 126 valence electrons. The predicted octanol–water partition coefficient (Wildman–Crippen LogP) is 3.87. The lowest BCUT2D eigenvalue weighted by atomic mass is 10.0. The SMILES string of the molecule is CCC(NCC(NC(=O)OC(C)(C)C)C(C)C)c1ccco1. The summed E-state index contributed by atoms with van der Waals surface area (Å²) in [5.74, 6) is 1.22. The highest BCUT2D eigenvalue weighted by atomic mass is 16.6. The second kappa shape index (κ2) is 8.22. The summed E-state index contributed by atoms with van der Waals surface area (Å²) in [6, 6.07) is 4.00. The van der Waals surface area contributed by atoms with E-state index in [0.29, 0.717) is 12.5 Å². The molecule has 0 saturated heterocycles. The molecule has 0 aromatic carbocycles. The Hall–Kier alpha value is -1.49. The number of hydrogen-bond acceptors (Lipinski definition) is 4. The average molecular weight is 310 g/mol. The molecule has 0 aliphatic carbocycles. The van der Waals surface area contributed by atoms with Crippen molar-refractivity contribution in [1.29, 1.82) is 0 Å². The summed E-state index contributed by atoms with van der Waals surface area (Å²) in [6.45, 7) is 12.5. The zero-order chi connectivity index (χ0) is 16.8. The van der Waals surface area contributed by atoms with E-state index < -0.39 is 5.60 Å². The van der Waals surface area contributed by atoms with E-state index >= 15 is 0 Å². The molecule has 0 saturated carbocycles. The molecule has 22 heavy (non-hydrogen) atoms. The van der Waals surface area contributed by atoms with Crippen LogP contribution in [-0.4, -0.2) is 24.3 Å². The second-order valence-corrected chi connectivity index (χ2v) is 6.88. The minimum atomic E-state index is -0.487. The van der Waals surface area contributed by atoms with Gasteiger partial charge in [0.05, 0.1) is 12.3 Å². The maximum Gasteiger partial charge on any atom is 0.407 e. The zero-order valence-corrected chi connectivity index (χ0v) is 14.6. The van der Waals surface area contributed by atoms with Crippen LogP contribution < -0.4 is 10.6 Å².